The van der Waals surface area contributed by atoms with Crippen LogP contribution in [0.3, 0.4) is 0 Å². The number of nitrogens with one attached hydrogen (secondary N) is 1. The molecular weight excluding hydrogens is 338 g/mol. The fraction of sp³-hybridized carbons (Fsp3) is 0.0909. The molecule has 134 valence electrons. The Morgan fingerprint density at radius 2 is 1.74 bits per heavy atom. The second kappa shape index (κ2) is 7.74. The van der Waals surface area contributed by atoms with E-state index in [0.29, 0.717) is 24.5 Å². The number of carbonyl (C=O) groups excluding carboxylic acids is 1. The van der Waals surface area contributed by atoms with E-state index in [0.717, 1.165) is 16.9 Å². The third-order valence-electron chi connectivity index (χ3n) is 4.22. The number of imidazole rings is 1. The molecule has 2 aromatic heterocycles. The van der Waals surface area contributed by atoms with Crippen molar-refractivity contribution in [3.63, 3.8) is 0 Å². The standard InChI is InChI=1S/C22H19N3O2/c26-22(23-14-17-8-2-1-3-9-17)19-10-4-5-11-20(19)27-16-18-15-25-13-7-6-12-21(25)24-18/h1-13,15H,14,16H2,(H,23,26). The summed E-state index contributed by atoms with van der Waals surface area (Å²) in [5.74, 6) is 0.379. The Hall–Kier alpha value is -3.60. The average Bonchev–Trinajstić information content (AvgIpc) is 3.14. The van der Waals surface area contributed by atoms with Crippen LogP contribution in [0.15, 0.2) is 85.2 Å². The van der Waals surface area contributed by atoms with Gasteiger partial charge in [-0.15, -0.1) is 0 Å². The number of fused-ring (bicyclic) bond motifs is 1. The first-order valence-corrected chi connectivity index (χ1v) is 8.76. The highest BCUT2D eigenvalue weighted by molar-refractivity contribution is 5.96. The second-order valence-corrected chi connectivity index (χ2v) is 6.15. The van der Waals surface area contributed by atoms with Crippen molar-refractivity contribution >= 4 is 11.6 Å². The van der Waals surface area contributed by atoms with E-state index in [1.807, 2.05) is 77.5 Å². The largest absolute Gasteiger partial charge is 0.486 e. The number of nitrogens with zero attached hydrogens (tertiary/aromatic N) is 2. The van der Waals surface area contributed by atoms with Gasteiger partial charge in [-0.3, -0.25) is 4.79 Å². The van der Waals surface area contributed by atoms with E-state index >= 15 is 0 Å². The maximum atomic E-state index is 12.6. The lowest BCUT2D eigenvalue weighted by atomic mass is 10.1. The van der Waals surface area contributed by atoms with E-state index in [1.165, 1.54) is 0 Å². The van der Waals surface area contributed by atoms with Crippen LogP contribution in [-0.4, -0.2) is 15.3 Å². The summed E-state index contributed by atoms with van der Waals surface area (Å²) >= 11 is 0. The second-order valence-electron chi connectivity index (χ2n) is 6.15. The number of benzene rings is 2. The Morgan fingerprint density at radius 3 is 2.59 bits per heavy atom. The molecule has 2 heterocycles. The van der Waals surface area contributed by atoms with E-state index in [2.05, 4.69) is 10.3 Å². The maximum Gasteiger partial charge on any atom is 0.255 e. The van der Waals surface area contributed by atoms with Gasteiger partial charge in [0.05, 0.1) is 11.3 Å². The Balaban J connectivity index is 1.44. The van der Waals surface area contributed by atoms with Crippen LogP contribution >= 0.6 is 0 Å². The Morgan fingerprint density at radius 1 is 0.963 bits per heavy atom. The van der Waals surface area contributed by atoms with Crippen molar-refractivity contribution in [3.8, 4) is 5.75 Å². The molecule has 0 aliphatic rings. The zero-order chi connectivity index (χ0) is 18.5. The topological polar surface area (TPSA) is 55.6 Å². The summed E-state index contributed by atoms with van der Waals surface area (Å²) in [4.78, 5) is 17.1. The van der Waals surface area contributed by atoms with Gasteiger partial charge in [0.2, 0.25) is 0 Å². The summed E-state index contributed by atoms with van der Waals surface area (Å²) in [5, 5.41) is 2.94. The quantitative estimate of drug-likeness (QED) is 0.570. The molecule has 0 bridgehead atoms. The van der Waals surface area contributed by atoms with Crippen LogP contribution in [0, 0.1) is 0 Å². The number of hydrogen-bond donors (Lipinski definition) is 1. The van der Waals surface area contributed by atoms with Crippen LogP contribution in [0.2, 0.25) is 0 Å². The Kier molecular flexibility index (Phi) is 4.83. The minimum atomic E-state index is -0.163. The summed E-state index contributed by atoms with van der Waals surface area (Å²) in [5.41, 5.74) is 3.23. The van der Waals surface area contributed by atoms with E-state index in [-0.39, 0.29) is 5.91 Å². The predicted molar refractivity (Wildman–Crippen MR) is 104 cm³/mol. The third kappa shape index (κ3) is 3.98. The van der Waals surface area contributed by atoms with E-state index in [4.69, 9.17) is 4.74 Å². The summed E-state index contributed by atoms with van der Waals surface area (Å²) in [7, 11) is 0. The smallest absolute Gasteiger partial charge is 0.255 e. The van der Waals surface area contributed by atoms with Crippen LogP contribution in [0.4, 0.5) is 0 Å². The number of ether oxygens (including phenoxy) is 1. The summed E-state index contributed by atoms with van der Waals surface area (Å²) in [6, 6.07) is 22.9. The van der Waals surface area contributed by atoms with Crippen molar-refractivity contribution in [1.82, 2.24) is 14.7 Å². The fourth-order valence-corrected chi connectivity index (χ4v) is 2.86. The third-order valence-corrected chi connectivity index (χ3v) is 4.22. The van der Waals surface area contributed by atoms with Gasteiger partial charge in [-0.2, -0.15) is 0 Å². The van der Waals surface area contributed by atoms with Gasteiger partial charge in [0, 0.05) is 18.9 Å². The van der Waals surface area contributed by atoms with Crippen LogP contribution in [0.5, 0.6) is 5.75 Å². The van der Waals surface area contributed by atoms with Crippen LogP contribution < -0.4 is 10.1 Å². The summed E-state index contributed by atoms with van der Waals surface area (Å²) in [6.07, 6.45) is 3.87. The van der Waals surface area contributed by atoms with Gasteiger partial charge in [0.1, 0.15) is 18.0 Å². The predicted octanol–water partition coefficient (Wildman–Crippen LogP) is 3.84. The minimum Gasteiger partial charge on any atom is -0.486 e. The highest BCUT2D eigenvalue weighted by Gasteiger charge is 2.12. The maximum absolute atomic E-state index is 12.6. The molecule has 4 rings (SSSR count). The number of rotatable bonds is 6. The van der Waals surface area contributed by atoms with Crippen molar-refractivity contribution in [3.05, 3.63) is 102 Å². The van der Waals surface area contributed by atoms with Crippen molar-refractivity contribution in [2.75, 3.05) is 0 Å². The zero-order valence-electron chi connectivity index (χ0n) is 14.7. The van der Waals surface area contributed by atoms with Crippen molar-refractivity contribution < 1.29 is 9.53 Å². The molecule has 0 unspecified atom stereocenters. The van der Waals surface area contributed by atoms with Gasteiger partial charge in [-0.25, -0.2) is 4.98 Å². The number of amides is 1. The molecule has 5 heteroatoms. The molecule has 0 radical (unpaired) electrons. The molecule has 4 aromatic rings. The Bertz CT molecular complexity index is 1020. The molecule has 0 fully saturated rings. The number of pyridine rings is 1. The molecule has 27 heavy (non-hydrogen) atoms. The van der Waals surface area contributed by atoms with Gasteiger partial charge in [-0.05, 0) is 29.8 Å². The van der Waals surface area contributed by atoms with Gasteiger partial charge >= 0.3 is 0 Å². The van der Waals surface area contributed by atoms with Gasteiger partial charge in [-0.1, -0.05) is 48.5 Å². The zero-order valence-corrected chi connectivity index (χ0v) is 14.7. The fourth-order valence-electron chi connectivity index (χ4n) is 2.86. The monoisotopic (exact) mass is 357 g/mol. The molecule has 0 saturated carbocycles. The number of carbonyl (C=O) groups is 1. The molecule has 0 aliphatic heterocycles. The van der Waals surface area contributed by atoms with Crippen LogP contribution in [-0.2, 0) is 13.2 Å². The molecule has 5 nitrogen and oxygen atoms in total. The van der Waals surface area contributed by atoms with Crippen molar-refractivity contribution in [1.29, 1.82) is 0 Å². The van der Waals surface area contributed by atoms with Gasteiger partial charge < -0.3 is 14.5 Å². The van der Waals surface area contributed by atoms with E-state index < -0.39 is 0 Å². The number of aromatic nitrogens is 2. The lowest BCUT2D eigenvalue weighted by Crippen LogP contribution is -2.23. The molecule has 2 aromatic carbocycles. The van der Waals surface area contributed by atoms with Crippen LogP contribution in [0.1, 0.15) is 21.6 Å². The molecule has 1 amide bonds. The average molecular weight is 357 g/mol. The molecular formula is C22H19N3O2. The highest BCUT2D eigenvalue weighted by Crippen LogP contribution is 2.19. The van der Waals surface area contributed by atoms with E-state index in [1.54, 1.807) is 12.1 Å². The number of para-hydroxylation sites is 1. The summed E-state index contributed by atoms with van der Waals surface area (Å²) < 4.78 is 7.83. The Labute approximate surface area is 157 Å². The van der Waals surface area contributed by atoms with Crippen molar-refractivity contribution in [2.45, 2.75) is 13.2 Å². The lowest BCUT2D eigenvalue weighted by Gasteiger charge is -2.11. The molecule has 0 aliphatic carbocycles. The molecule has 0 atom stereocenters. The highest BCUT2D eigenvalue weighted by atomic mass is 16.5. The molecule has 1 N–H and O–H groups in total. The normalized spacial score (nSPS) is 10.7. The van der Waals surface area contributed by atoms with Crippen molar-refractivity contribution in [2.24, 2.45) is 0 Å². The van der Waals surface area contributed by atoms with Gasteiger partial charge in [0.15, 0.2) is 0 Å². The molecule has 0 spiro atoms. The first-order valence-electron chi connectivity index (χ1n) is 8.76. The minimum absolute atomic E-state index is 0.163. The van der Waals surface area contributed by atoms with Gasteiger partial charge in [0.25, 0.3) is 5.91 Å². The number of hydrogen-bond acceptors (Lipinski definition) is 3. The van der Waals surface area contributed by atoms with E-state index in [9.17, 15) is 4.79 Å². The molecule has 0 saturated heterocycles. The summed E-state index contributed by atoms with van der Waals surface area (Å²) in [6.45, 7) is 0.769. The van der Waals surface area contributed by atoms with Crippen LogP contribution in [0.25, 0.3) is 5.65 Å². The lowest BCUT2D eigenvalue weighted by molar-refractivity contribution is 0.0946. The SMILES string of the molecule is O=C(NCc1ccccc1)c1ccccc1OCc1cn2ccccc2n1. The first kappa shape index (κ1) is 16.8. The first-order chi connectivity index (χ1) is 13.3.